The molecular formula is C42H44N2O3. The zero-order valence-corrected chi connectivity index (χ0v) is 27.7. The fraction of sp³-hybridized carbons (Fsp3) is 0.262. The van der Waals surface area contributed by atoms with Gasteiger partial charge in [-0.3, -0.25) is 4.90 Å². The van der Waals surface area contributed by atoms with Crippen LogP contribution in [0, 0.1) is 0 Å². The van der Waals surface area contributed by atoms with Crippen LogP contribution in [-0.2, 0) is 15.1 Å². The van der Waals surface area contributed by atoms with Gasteiger partial charge in [-0.25, -0.2) is 4.79 Å². The average molecular weight is 625 g/mol. The van der Waals surface area contributed by atoms with Crippen LogP contribution in [0.5, 0.6) is 0 Å². The minimum atomic E-state index is -0.904. The Morgan fingerprint density at radius 2 is 1.09 bits per heavy atom. The van der Waals surface area contributed by atoms with Crippen LogP contribution >= 0.6 is 0 Å². The van der Waals surface area contributed by atoms with E-state index in [2.05, 4.69) is 127 Å². The van der Waals surface area contributed by atoms with Gasteiger partial charge in [-0.05, 0) is 61.2 Å². The molecule has 0 saturated carbocycles. The van der Waals surface area contributed by atoms with Crippen LogP contribution in [0.2, 0.25) is 0 Å². The van der Waals surface area contributed by atoms with Gasteiger partial charge in [0.25, 0.3) is 0 Å². The molecule has 5 nitrogen and oxygen atoms in total. The number of benzene rings is 5. The fourth-order valence-electron chi connectivity index (χ4n) is 6.90. The molecule has 240 valence electrons. The zero-order chi connectivity index (χ0) is 32.9. The van der Waals surface area contributed by atoms with Crippen LogP contribution in [0.3, 0.4) is 0 Å². The molecule has 0 spiro atoms. The topological polar surface area (TPSA) is 50.8 Å². The van der Waals surface area contributed by atoms with Gasteiger partial charge >= 0.3 is 6.09 Å². The van der Waals surface area contributed by atoms with E-state index >= 15 is 0 Å². The third-order valence-corrected chi connectivity index (χ3v) is 8.98. The van der Waals surface area contributed by atoms with E-state index in [1.165, 1.54) is 11.1 Å². The van der Waals surface area contributed by atoms with Gasteiger partial charge < -0.3 is 14.8 Å². The summed E-state index contributed by atoms with van der Waals surface area (Å²) in [6.07, 6.45) is -0.326. The standard InChI is InChI=1S/C42H44N2O3/c1-41(2,3)47-40(45)44-37(29-43-4)39(33-27-25-32(26-28-33)31-17-9-5-10-18-31)38(44)30-46-42(34-19-11-6-12-20-34,35-21-13-7-14-22-35)36-23-15-8-16-24-36/h5-28,37-39,43H,29-30H2,1-4H3/t37-,38+,39-/m1/s1. The summed E-state index contributed by atoms with van der Waals surface area (Å²) in [5.74, 6) is 0.0276. The summed E-state index contributed by atoms with van der Waals surface area (Å²) in [7, 11) is 1.93. The van der Waals surface area contributed by atoms with Crippen molar-refractivity contribution in [1.29, 1.82) is 0 Å². The van der Waals surface area contributed by atoms with Gasteiger partial charge in [-0.2, -0.15) is 0 Å². The van der Waals surface area contributed by atoms with E-state index in [1.807, 2.05) is 57.0 Å². The first-order chi connectivity index (χ1) is 22.8. The van der Waals surface area contributed by atoms with Gasteiger partial charge in [0.15, 0.2) is 0 Å². The Balaban J connectivity index is 1.43. The first kappa shape index (κ1) is 32.2. The summed E-state index contributed by atoms with van der Waals surface area (Å²) >= 11 is 0. The van der Waals surface area contributed by atoms with Crippen LogP contribution in [0.25, 0.3) is 11.1 Å². The van der Waals surface area contributed by atoms with Gasteiger partial charge in [0, 0.05) is 12.5 Å². The first-order valence-electron chi connectivity index (χ1n) is 16.4. The number of hydrogen-bond acceptors (Lipinski definition) is 4. The first-order valence-corrected chi connectivity index (χ1v) is 16.4. The molecule has 5 aromatic carbocycles. The summed E-state index contributed by atoms with van der Waals surface area (Å²) in [5, 5.41) is 3.33. The largest absolute Gasteiger partial charge is 0.444 e. The number of likely N-dealkylation sites (N-methyl/N-ethyl adjacent to an activating group) is 1. The molecule has 1 N–H and O–H groups in total. The van der Waals surface area contributed by atoms with Crippen molar-refractivity contribution < 1.29 is 14.3 Å². The second-order valence-electron chi connectivity index (χ2n) is 13.2. The molecule has 0 radical (unpaired) electrons. The van der Waals surface area contributed by atoms with Crippen LogP contribution in [0.1, 0.15) is 48.9 Å². The second-order valence-corrected chi connectivity index (χ2v) is 13.2. The number of carbonyl (C=O) groups excluding carboxylic acids is 1. The highest BCUT2D eigenvalue weighted by Gasteiger charge is 2.53. The number of rotatable bonds is 10. The quantitative estimate of drug-likeness (QED) is 0.158. The molecule has 1 amide bonds. The monoisotopic (exact) mass is 624 g/mol. The normalized spacial score (nSPS) is 18.0. The van der Waals surface area contributed by atoms with Crippen molar-refractivity contribution in [1.82, 2.24) is 10.2 Å². The van der Waals surface area contributed by atoms with Gasteiger partial charge in [-0.15, -0.1) is 0 Å². The summed E-state index contributed by atoms with van der Waals surface area (Å²) in [6, 6.07) is 49.9. The molecule has 6 rings (SSSR count). The van der Waals surface area contributed by atoms with Crippen molar-refractivity contribution in [2.75, 3.05) is 20.2 Å². The number of ether oxygens (including phenoxy) is 2. The maximum Gasteiger partial charge on any atom is 0.410 e. The molecule has 1 saturated heterocycles. The zero-order valence-electron chi connectivity index (χ0n) is 27.7. The Hall–Kier alpha value is -4.71. The molecule has 1 aliphatic rings. The number of carbonyl (C=O) groups is 1. The van der Waals surface area contributed by atoms with E-state index in [0.717, 1.165) is 22.3 Å². The van der Waals surface area contributed by atoms with Gasteiger partial charge in [0.2, 0.25) is 0 Å². The van der Waals surface area contributed by atoms with Crippen molar-refractivity contribution in [3.63, 3.8) is 0 Å². The molecule has 0 unspecified atom stereocenters. The maximum absolute atomic E-state index is 13.9. The molecule has 0 bridgehead atoms. The molecule has 5 aromatic rings. The predicted octanol–water partition coefficient (Wildman–Crippen LogP) is 8.65. The smallest absolute Gasteiger partial charge is 0.410 e. The molecule has 1 aliphatic heterocycles. The lowest BCUT2D eigenvalue weighted by Crippen LogP contribution is -2.69. The number of likely N-dealkylation sites (tertiary alicyclic amines) is 1. The molecule has 5 heteroatoms. The third kappa shape index (κ3) is 6.73. The van der Waals surface area contributed by atoms with Crippen LogP contribution in [0.15, 0.2) is 146 Å². The van der Waals surface area contributed by atoms with E-state index in [1.54, 1.807) is 0 Å². The molecular weight excluding hydrogens is 580 g/mol. The summed E-state index contributed by atoms with van der Waals surface area (Å²) in [4.78, 5) is 15.8. The molecule has 1 heterocycles. The minimum Gasteiger partial charge on any atom is -0.444 e. The van der Waals surface area contributed by atoms with Crippen molar-refractivity contribution in [2.24, 2.45) is 0 Å². The van der Waals surface area contributed by atoms with E-state index < -0.39 is 11.2 Å². The highest BCUT2D eigenvalue weighted by atomic mass is 16.6. The van der Waals surface area contributed by atoms with E-state index in [9.17, 15) is 4.79 Å². The number of hydrogen-bond donors (Lipinski definition) is 1. The van der Waals surface area contributed by atoms with Crippen LogP contribution < -0.4 is 5.32 Å². The summed E-state index contributed by atoms with van der Waals surface area (Å²) in [6.45, 7) is 6.65. The third-order valence-electron chi connectivity index (χ3n) is 8.98. The maximum atomic E-state index is 13.9. The van der Waals surface area contributed by atoms with Gasteiger partial charge in [0.05, 0.1) is 18.7 Å². The Morgan fingerprint density at radius 3 is 1.53 bits per heavy atom. The molecule has 0 aliphatic carbocycles. The Kier molecular flexibility index (Phi) is 9.58. The Labute approximate surface area is 279 Å². The van der Waals surface area contributed by atoms with Gasteiger partial charge in [0.1, 0.15) is 11.2 Å². The molecule has 47 heavy (non-hydrogen) atoms. The molecule has 0 aromatic heterocycles. The lowest BCUT2D eigenvalue weighted by molar-refractivity contribution is -0.0939. The van der Waals surface area contributed by atoms with Crippen LogP contribution in [-0.4, -0.2) is 48.9 Å². The lowest BCUT2D eigenvalue weighted by Gasteiger charge is -2.55. The van der Waals surface area contributed by atoms with E-state index in [0.29, 0.717) is 13.2 Å². The molecule has 1 fully saturated rings. The van der Waals surface area contributed by atoms with Crippen molar-refractivity contribution in [3.05, 3.63) is 168 Å². The second kappa shape index (κ2) is 14.0. The summed E-state index contributed by atoms with van der Waals surface area (Å²) in [5.41, 5.74) is 5.04. The Morgan fingerprint density at radius 1 is 0.638 bits per heavy atom. The Bertz CT molecular complexity index is 1620. The van der Waals surface area contributed by atoms with Crippen molar-refractivity contribution in [3.8, 4) is 11.1 Å². The van der Waals surface area contributed by atoms with Crippen molar-refractivity contribution in [2.45, 2.75) is 50.0 Å². The summed E-state index contributed by atoms with van der Waals surface area (Å²) < 4.78 is 13.3. The highest BCUT2D eigenvalue weighted by molar-refractivity contribution is 5.72. The number of nitrogens with one attached hydrogen (secondary N) is 1. The van der Waals surface area contributed by atoms with E-state index in [4.69, 9.17) is 9.47 Å². The van der Waals surface area contributed by atoms with E-state index in [-0.39, 0.29) is 24.1 Å². The lowest BCUT2D eigenvalue weighted by atomic mass is 9.74. The predicted molar refractivity (Wildman–Crippen MR) is 189 cm³/mol. The minimum absolute atomic E-state index is 0.0276. The van der Waals surface area contributed by atoms with Crippen molar-refractivity contribution >= 4 is 6.09 Å². The average Bonchev–Trinajstić information content (AvgIpc) is 3.09. The SMILES string of the molecule is CNC[C@@H]1[C@@H](c2ccc(-c3ccccc3)cc2)[C@H](COC(c2ccccc2)(c2ccccc2)c2ccccc2)N1C(=O)OC(C)(C)C. The fourth-order valence-corrected chi connectivity index (χ4v) is 6.90. The molecule has 3 atom stereocenters. The van der Waals surface area contributed by atoms with Gasteiger partial charge in [-0.1, -0.05) is 146 Å². The number of nitrogens with zero attached hydrogens (tertiary/aromatic N) is 1. The number of amides is 1. The van der Waals surface area contributed by atoms with Crippen LogP contribution in [0.4, 0.5) is 4.79 Å². The highest BCUT2D eigenvalue weighted by Crippen LogP contribution is 2.46.